The summed E-state index contributed by atoms with van der Waals surface area (Å²) in [7, 11) is 0. The molecule has 2 aliphatic rings. The Morgan fingerprint density at radius 1 is 1.09 bits per heavy atom. The minimum absolute atomic E-state index is 0.124. The molecular weight excluding hydrogens is 429 g/mol. The second kappa shape index (κ2) is 9.14. The van der Waals surface area contributed by atoms with Gasteiger partial charge in [0.1, 0.15) is 11.6 Å². The van der Waals surface area contributed by atoms with Gasteiger partial charge in [-0.05, 0) is 67.6 Å². The zero-order valence-corrected chi connectivity index (χ0v) is 19.7. The van der Waals surface area contributed by atoms with Crippen LogP contribution in [0.25, 0.3) is 22.3 Å². The minimum atomic E-state index is -0.501. The molecule has 3 aromatic rings. The SMILES string of the molecule is CCc1nc(N)ccc1-c1c(-c2ccc(C(=O)N3CCN(C4CC4)CC3)c(F)c2)ccnc1C. The molecule has 1 saturated carbocycles. The van der Waals surface area contributed by atoms with E-state index in [0.717, 1.165) is 41.2 Å². The van der Waals surface area contributed by atoms with Crippen LogP contribution < -0.4 is 5.73 Å². The van der Waals surface area contributed by atoms with Crippen LogP contribution in [-0.4, -0.2) is 57.9 Å². The topological polar surface area (TPSA) is 75.3 Å². The van der Waals surface area contributed by atoms with Crippen molar-refractivity contribution in [2.24, 2.45) is 0 Å². The normalized spacial score (nSPS) is 16.6. The first-order valence-electron chi connectivity index (χ1n) is 12.0. The molecule has 5 rings (SSSR count). The molecule has 34 heavy (non-hydrogen) atoms. The van der Waals surface area contributed by atoms with Gasteiger partial charge in [0.25, 0.3) is 5.91 Å². The van der Waals surface area contributed by atoms with Gasteiger partial charge < -0.3 is 10.6 Å². The molecule has 1 aromatic carbocycles. The van der Waals surface area contributed by atoms with Crippen LogP contribution in [0.3, 0.4) is 0 Å². The van der Waals surface area contributed by atoms with E-state index in [9.17, 15) is 4.79 Å². The van der Waals surface area contributed by atoms with E-state index in [1.807, 2.05) is 32.0 Å². The zero-order valence-electron chi connectivity index (χ0n) is 19.7. The Morgan fingerprint density at radius 2 is 1.85 bits per heavy atom. The maximum atomic E-state index is 15.3. The molecule has 3 heterocycles. The number of aryl methyl sites for hydroxylation is 2. The van der Waals surface area contributed by atoms with Crippen molar-refractivity contribution in [3.05, 3.63) is 65.4 Å². The lowest BCUT2D eigenvalue weighted by Gasteiger charge is -2.34. The Kier molecular flexibility index (Phi) is 6.04. The summed E-state index contributed by atoms with van der Waals surface area (Å²) in [5, 5.41) is 0. The number of rotatable bonds is 5. The third-order valence-corrected chi connectivity index (χ3v) is 6.92. The molecule has 1 amide bonds. The van der Waals surface area contributed by atoms with Crippen LogP contribution in [0.2, 0.25) is 0 Å². The molecule has 2 aromatic heterocycles. The van der Waals surface area contributed by atoms with Crippen molar-refractivity contribution in [2.45, 2.75) is 39.2 Å². The van der Waals surface area contributed by atoms with E-state index < -0.39 is 5.82 Å². The number of piperazine rings is 1. The van der Waals surface area contributed by atoms with Gasteiger partial charge in [-0.2, -0.15) is 0 Å². The largest absolute Gasteiger partial charge is 0.384 e. The molecule has 176 valence electrons. The first-order chi connectivity index (χ1) is 16.5. The highest BCUT2D eigenvalue weighted by Gasteiger charge is 2.33. The van der Waals surface area contributed by atoms with E-state index >= 15 is 4.39 Å². The highest BCUT2D eigenvalue weighted by Crippen LogP contribution is 2.36. The van der Waals surface area contributed by atoms with Crippen LogP contribution in [0.4, 0.5) is 10.2 Å². The average Bonchev–Trinajstić information content (AvgIpc) is 3.69. The third kappa shape index (κ3) is 4.28. The Morgan fingerprint density at radius 3 is 2.53 bits per heavy atom. The van der Waals surface area contributed by atoms with E-state index in [-0.39, 0.29) is 11.5 Å². The van der Waals surface area contributed by atoms with Crippen LogP contribution >= 0.6 is 0 Å². The predicted molar refractivity (Wildman–Crippen MR) is 132 cm³/mol. The lowest BCUT2D eigenvalue weighted by Crippen LogP contribution is -2.49. The molecule has 6 nitrogen and oxygen atoms in total. The van der Waals surface area contributed by atoms with E-state index in [0.29, 0.717) is 36.9 Å². The standard InChI is InChI=1S/C27H30FN5O/c1-3-24-22(8-9-25(29)31-24)26-17(2)30-11-10-20(26)18-4-7-21(23(28)16-18)27(34)33-14-12-32(13-15-33)19-5-6-19/h4,7-11,16,19H,3,5-6,12-15H2,1-2H3,(H2,29,31). The second-order valence-corrected chi connectivity index (χ2v) is 9.16. The van der Waals surface area contributed by atoms with E-state index in [2.05, 4.69) is 14.9 Å². The molecule has 0 bridgehead atoms. The molecule has 0 radical (unpaired) electrons. The second-order valence-electron chi connectivity index (χ2n) is 9.16. The number of carbonyl (C=O) groups is 1. The quantitative estimate of drug-likeness (QED) is 0.615. The number of halogens is 1. The molecule has 0 atom stereocenters. The number of anilines is 1. The van der Waals surface area contributed by atoms with Crippen LogP contribution in [0.1, 0.15) is 41.5 Å². The summed E-state index contributed by atoms with van der Waals surface area (Å²) in [6.07, 6.45) is 4.95. The Balaban J connectivity index is 1.45. The number of nitrogen functional groups attached to an aromatic ring is 1. The van der Waals surface area contributed by atoms with Crippen molar-refractivity contribution in [3.8, 4) is 22.3 Å². The van der Waals surface area contributed by atoms with Gasteiger partial charge in [0, 0.05) is 55.2 Å². The molecule has 1 aliphatic heterocycles. The van der Waals surface area contributed by atoms with Crippen LogP contribution in [0.5, 0.6) is 0 Å². The van der Waals surface area contributed by atoms with E-state index in [4.69, 9.17) is 5.73 Å². The summed E-state index contributed by atoms with van der Waals surface area (Å²) in [5.74, 6) is -0.268. The summed E-state index contributed by atoms with van der Waals surface area (Å²) in [4.78, 5) is 26.2. The molecule has 0 unspecified atom stereocenters. The number of hydrogen-bond acceptors (Lipinski definition) is 5. The van der Waals surface area contributed by atoms with Gasteiger partial charge in [-0.15, -0.1) is 0 Å². The first kappa shape index (κ1) is 22.5. The lowest BCUT2D eigenvalue weighted by atomic mass is 9.92. The van der Waals surface area contributed by atoms with Gasteiger partial charge in [0.2, 0.25) is 0 Å². The Labute approximate surface area is 199 Å². The first-order valence-corrected chi connectivity index (χ1v) is 12.0. The summed E-state index contributed by atoms with van der Waals surface area (Å²) in [6, 6.07) is 11.2. The fraction of sp³-hybridized carbons (Fsp3) is 0.370. The van der Waals surface area contributed by atoms with Crippen molar-refractivity contribution in [2.75, 3.05) is 31.9 Å². The maximum absolute atomic E-state index is 15.3. The summed E-state index contributed by atoms with van der Waals surface area (Å²) in [6.45, 7) is 6.99. The van der Waals surface area contributed by atoms with Gasteiger partial charge in [0.05, 0.1) is 11.3 Å². The molecule has 0 spiro atoms. The molecule has 2 N–H and O–H groups in total. The lowest BCUT2D eigenvalue weighted by molar-refractivity contribution is 0.0623. The smallest absolute Gasteiger partial charge is 0.256 e. The number of hydrogen-bond donors (Lipinski definition) is 1. The highest BCUT2D eigenvalue weighted by atomic mass is 19.1. The van der Waals surface area contributed by atoms with Gasteiger partial charge >= 0.3 is 0 Å². The maximum Gasteiger partial charge on any atom is 0.256 e. The summed E-state index contributed by atoms with van der Waals surface area (Å²) < 4.78 is 15.3. The van der Waals surface area contributed by atoms with Gasteiger partial charge in [-0.25, -0.2) is 9.37 Å². The van der Waals surface area contributed by atoms with Crippen molar-refractivity contribution in [1.82, 2.24) is 19.8 Å². The fourth-order valence-electron chi connectivity index (χ4n) is 4.92. The number of pyridine rings is 2. The molecular formula is C27H30FN5O. The van der Waals surface area contributed by atoms with Gasteiger partial charge in [0.15, 0.2) is 0 Å². The van der Waals surface area contributed by atoms with E-state index in [1.54, 1.807) is 23.2 Å². The molecule has 7 heteroatoms. The Bertz CT molecular complexity index is 1230. The monoisotopic (exact) mass is 459 g/mol. The minimum Gasteiger partial charge on any atom is -0.384 e. The molecule has 1 saturated heterocycles. The van der Waals surface area contributed by atoms with Crippen LogP contribution in [0.15, 0.2) is 42.6 Å². The third-order valence-electron chi connectivity index (χ3n) is 6.92. The number of amides is 1. The van der Waals surface area contributed by atoms with E-state index in [1.165, 1.54) is 18.9 Å². The number of carbonyl (C=O) groups excluding carboxylic acids is 1. The number of nitrogens with two attached hydrogens (primary N) is 1. The van der Waals surface area contributed by atoms with Crippen molar-refractivity contribution in [3.63, 3.8) is 0 Å². The zero-order chi connectivity index (χ0) is 23.8. The highest BCUT2D eigenvalue weighted by molar-refractivity contribution is 5.95. The Hall–Kier alpha value is -3.32. The van der Waals surface area contributed by atoms with Gasteiger partial charge in [-0.1, -0.05) is 13.0 Å². The van der Waals surface area contributed by atoms with Crippen LogP contribution in [-0.2, 0) is 6.42 Å². The van der Waals surface area contributed by atoms with Crippen molar-refractivity contribution in [1.29, 1.82) is 0 Å². The molecule has 1 aliphatic carbocycles. The summed E-state index contributed by atoms with van der Waals surface area (Å²) in [5.41, 5.74) is 11.1. The predicted octanol–water partition coefficient (Wildman–Crippen LogP) is 4.32. The number of aromatic nitrogens is 2. The number of benzene rings is 1. The average molecular weight is 460 g/mol. The van der Waals surface area contributed by atoms with Crippen LogP contribution in [0, 0.1) is 12.7 Å². The van der Waals surface area contributed by atoms with Crippen molar-refractivity contribution < 1.29 is 9.18 Å². The van der Waals surface area contributed by atoms with Gasteiger partial charge in [-0.3, -0.25) is 14.7 Å². The number of nitrogens with zero attached hydrogens (tertiary/aromatic N) is 4. The molecule has 2 fully saturated rings. The fourth-order valence-corrected chi connectivity index (χ4v) is 4.92. The van der Waals surface area contributed by atoms with Crippen molar-refractivity contribution >= 4 is 11.7 Å². The summed E-state index contributed by atoms with van der Waals surface area (Å²) >= 11 is 0.